The summed E-state index contributed by atoms with van der Waals surface area (Å²) in [4.78, 5) is 17.7. The molecule has 0 atom stereocenters. The highest BCUT2D eigenvalue weighted by atomic mass is 79.9. The topological polar surface area (TPSA) is 64.2 Å². The summed E-state index contributed by atoms with van der Waals surface area (Å²) in [5.74, 6) is 0.438. The van der Waals surface area contributed by atoms with Gasteiger partial charge in [0, 0.05) is 23.5 Å². The van der Waals surface area contributed by atoms with Crippen LogP contribution in [0.5, 0.6) is 0 Å². The van der Waals surface area contributed by atoms with E-state index in [1.54, 1.807) is 23.0 Å². The van der Waals surface area contributed by atoms with Crippen molar-refractivity contribution in [3.8, 4) is 16.9 Å². The molecule has 0 radical (unpaired) electrons. The van der Waals surface area contributed by atoms with Gasteiger partial charge in [-0.3, -0.25) is 9.20 Å². The number of carbonyl (C=O) groups is 1. The summed E-state index contributed by atoms with van der Waals surface area (Å²) in [6.07, 6.45) is 5.47. The Bertz CT molecular complexity index is 1340. The molecule has 0 saturated heterocycles. The molecule has 0 bridgehead atoms. The first-order chi connectivity index (χ1) is 14.7. The fourth-order valence-corrected chi connectivity index (χ4v) is 3.59. The summed E-state index contributed by atoms with van der Waals surface area (Å²) in [6.45, 7) is 0. The predicted molar refractivity (Wildman–Crippen MR) is 120 cm³/mol. The summed E-state index contributed by atoms with van der Waals surface area (Å²) >= 11 is 3.39. The Morgan fingerprint density at radius 2 is 1.70 bits per heavy atom. The van der Waals surface area contributed by atoms with E-state index >= 15 is 0 Å². The number of pyridine rings is 1. The molecule has 5 aromatic rings. The summed E-state index contributed by atoms with van der Waals surface area (Å²) in [6, 6.07) is 22.9. The van der Waals surface area contributed by atoms with E-state index in [9.17, 15) is 4.79 Å². The molecular weight excluding hydrogens is 442 g/mol. The molecule has 1 N–H and O–H groups in total. The maximum atomic E-state index is 13.0. The first kappa shape index (κ1) is 18.3. The lowest BCUT2D eigenvalue weighted by molar-refractivity contribution is 0.102. The first-order valence-corrected chi connectivity index (χ1v) is 10.1. The normalized spacial score (nSPS) is 11.0. The van der Waals surface area contributed by atoms with Gasteiger partial charge in [0.2, 0.25) is 0 Å². The average molecular weight is 458 g/mol. The van der Waals surface area contributed by atoms with Crippen molar-refractivity contribution < 1.29 is 4.79 Å². The highest BCUT2D eigenvalue weighted by Crippen LogP contribution is 2.29. The van der Waals surface area contributed by atoms with Gasteiger partial charge in [0.15, 0.2) is 0 Å². The smallest absolute Gasteiger partial charge is 0.256 e. The minimum Gasteiger partial charge on any atom is -0.306 e. The molecular formula is C23H16BrN5O. The monoisotopic (exact) mass is 457 g/mol. The molecule has 5 rings (SSSR count). The Morgan fingerprint density at radius 3 is 2.43 bits per heavy atom. The zero-order valence-electron chi connectivity index (χ0n) is 15.7. The number of fused-ring (bicyclic) bond motifs is 1. The number of aromatic nitrogens is 4. The van der Waals surface area contributed by atoms with Crippen molar-refractivity contribution >= 4 is 33.3 Å². The number of carbonyl (C=O) groups excluding carboxylic acids is 1. The first-order valence-electron chi connectivity index (χ1n) is 9.33. The fraction of sp³-hybridized carbons (Fsp3) is 0. The van der Waals surface area contributed by atoms with Gasteiger partial charge in [0.1, 0.15) is 17.2 Å². The maximum Gasteiger partial charge on any atom is 0.256 e. The number of imidazole rings is 1. The van der Waals surface area contributed by atoms with Crippen LogP contribution in [0.4, 0.5) is 5.82 Å². The number of halogens is 1. The van der Waals surface area contributed by atoms with Gasteiger partial charge >= 0.3 is 0 Å². The minimum absolute atomic E-state index is 0.203. The van der Waals surface area contributed by atoms with Gasteiger partial charge in [-0.1, -0.05) is 36.4 Å². The molecule has 0 aliphatic rings. The number of rotatable bonds is 4. The quantitative estimate of drug-likeness (QED) is 0.403. The molecule has 6 nitrogen and oxygen atoms in total. The molecule has 0 fully saturated rings. The lowest BCUT2D eigenvalue weighted by atomic mass is 10.1. The van der Waals surface area contributed by atoms with Gasteiger partial charge in [0.25, 0.3) is 5.91 Å². The van der Waals surface area contributed by atoms with Crippen LogP contribution in [0.1, 0.15) is 10.4 Å². The van der Waals surface area contributed by atoms with E-state index in [1.165, 1.54) is 0 Å². The van der Waals surface area contributed by atoms with Crippen molar-refractivity contribution in [2.24, 2.45) is 0 Å². The lowest BCUT2D eigenvalue weighted by Crippen LogP contribution is -2.14. The number of amides is 1. The Kier molecular flexibility index (Phi) is 4.65. The number of hydrogen-bond acceptors (Lipinski definition) is 3. The van der Waals surface area contributed by atoms with Crippen LogP contribution in [0.15, 0.2) is 95.9 Å². The lowest BCUT2D eigenvalue weighted by Gasteiger charge is -2.09. The van der Waals surface area contributed by atoms with Crippen molar-refractivity contribution in [1.82, 2.24) is 19.2 Å². The standard InChI is InChI=1S/C23H16BrN5O/c24-18-14-25-29(15-18)19-11-9-17(10-12-19)23(30)27-22-21(16-6-2-1-3-7-16)26-20-8-4-5-13-28(20)22/h1-15H,(H,27,30). The molecule has 0 unspecified atom stereocenters. The van der Waals surface area contributed by atoms with Crippen LogP contribution in [0, 0.1) is 0 Å². The van der Waals surface area contributed by atoms with E-state index in [4.69, 9.17) is 4.98 Å². The molecule has 30 heavy (non-hydrogen) atoms. The average Bonchev–Trinajstić information content (AvgIpc) is 3.38. The largest absolute Gasteiger partial charge is 0.306 e. The van der Waals surface area contributed by atoms with Crippen molar-refractivity contribution in [1.29, 1.82) is 0 Å². The van der Waals surface area contributed by atoms with Gasteiger partial charge in [-0.05, 0) is 52.3 Å². The van der Waals surface area contributed by atoms with Gasteiger partial charge in [-0.15, -0.1) is 0 Å². The second kappa shape index (κ2) is 7.61. The molecule has 2 aromatic carbocycles. The van der Waals surface area contributed by atoms with E-state index in [0.29, 0.717) is 11.4 Å². The van der Waals surface area contributed by atoms with Crippen LogP contribution in [-0.4, -0.2) is 25.1 Å². The van der Waals surface area contributed by atoms with Gasteiger partial charge in [-0.2, -0.15) is 5.10 Å². The van der Waals surface area contributed by atoms with Gasteiger partial charge in [-0.25, -0.2) is 9.67 Å². The zero-order chi connectivity index (χ0) is 20.5. The summed E-state index contributed by atoms with van der Waals surface area (Å²) in [5, 5.41) is 7.30. The number of benzene rings is 2. The Morgan fingerprint density at radius 1 is 0.933 bits per heavy atom. The van der Waals surface area contributed by atoms with Gasteiger partial charge < -0.3 is 5.32 Å². The van der Waals surface area contributed by atoms with Gasteiger partial charge in [0.05, 0.1) is 16.4 Å². The Hall–Kier alpha value is -3.71. The fourth-order valence-electron chi connectivity index (χ4n) is 3.30. The van der Waals surface area contributed by atoms with E-state index in [0.717, 1.165) is 27.1 Å². The molecule has 1 amide bonds. The number of nitrogens with one attached hydrogen (secondary N) is 1. The molecule has 3 aromatic heterocycles. The highest BCUT2D eigenvalue weighted by Gasteiger charge is 2.17. The van der Waals surface area contributed by atoms with Crippen LogP contribution >= 0.6 is 15.9 Å². The SMILES string of the molecule is O=C(Nc1c(-c2ccccc2)nc2ccccn12)c1ccc(-n2cc(Br)cn2)cc1. The molecule has 3 heterocycles. The van der Waals surface area contributed by atoms with Crippen LogP contribution in [0.2, 0.25) is 0 Å². The Labute approximate surface area is 180 Å². The molecule has 0 aliphatic heterocycles. The molecule has 0 saturated carbocycles. The van der Waals surface area contributed by atoms with Crippen LogP contribution in [0.25, 0.3) is 22.6 Å². The van der Waals surface area contributed by atoms with Crippen LogP contribution in [0.3, 0.4) is 0 Å². The number of hydrogen-bond donors (Lipinski definition) is 1. The summed E-state index contributed by atoms with van der Waals surface area (Å²) in [5.41, 5.74) is 3.86. The van der Waals surface area contributed by atoms with Crippen molar-refractivity contribution in [3.63, 3.8) is 0 Å². The van der Waals surface area contributed by atoms with Crippen molar-refractivity contribution in [2.45, 2.75) is 0 Å². The van der Waals surface area contributed by atoms with E-state index in [2.05, 4.69) is 26.3 Å². The third-order valence-corrected chi connectivity index (χ3v) is 5.16. The molecule has 146 valence electrons. The third kappa shape index (κ3) is 3.40. The summed E-state index contributed by atoms with van der Waals surface area (Å²) in [7, 11) is 0. The number of nitrogens with zero attached hydrogens (tertiary/aromatic N) is 4. The third-order valence-electron chi connectivity index (χ3n) is 4.75. The van der Waals surface area contributed by atoms with E-state index in [-0.39, 0.29) is 5.91 Å². The predicted octanol–water partition coefficient (Wildman–Crippen LogP) is 5.20. The molecule has 7 heteroatoms. The maximum absolute atomic E-state index is 13.0. The molecule has 0 spiro atoms. The second-order valence-electron chi connectivity index (χ2n) is 6.71. The minimum atomic E-state index is -0.203. The number of anilines is 1. The molecule has 0 aliphatic carbocycles. The Balaban J connectivity index is 1.49. The van der Waals surface area contributed by atoms with Crippen LogP contribution < -0.4 is 5.32 Å². The van der Waals surface area contributed by atoms with Crippen molar-refractivity contribution in [2.75, 3.05) is 5.32 Å². The van der Waals surface area contributed by atoms with Crippen LogP contribution in [-0.2, 0) is 0 Å². The van der Waals surface area contributed by atoms with E-state index in [1.807, 2.05) is 77.5 Å². The van der Waals surface area contributed by atoms with E-state index < -0.39 is 0 Å². The second-order valence-corrected chi connectivity index (χ2v) is 7.62. The van der Waals surface area contributed by atoms with Crippen molar-refractivity contribution in [3.05, 3.63) is 101 Å². The summed E-state index contributed by atoms with van der Waals surface area (Å²) < 4.78 is 4.52. The highest BCUT2D eigenvalue weighted by molar-refractivity contribution is 9.10. The zero-order valence-corrected chi connectivity index (χ0v) is 17.3.